The molecule has 0 fully saturated rings. The van der Waals surface area contributed by atoms with Crippen LogP contribution in [0.2, 0.25) is 0 Å². The van der Waals surface area contributed by atoms with Crippen LogP contribution < -0.4 is 0 Å². The highest BCUT2D eigenvalue weighted by Gasteiger charge is 2.48. The minimum atomic E-state index is -3.13. The standard InChI is InChI=1S/C11H24O5Si/c1-7-13-17(14-8-2,15-9-3)16-11(12-6)10(4)5/h7-9H2,1-6H3. The lowest BCUT2D eigenvalue weighted by Crippen LogP contribution is -2.49. The molecule has 0 aliphatic rings. The predicted octanol–water partition coefficient (Wildman–Crippen LogP) is 2.45. The summed E-state index contributed by atoms with van der Waals surface area (Å²) in [5, 5.41) is 0. The van der Waals surface area contributed by atoms with Crippen LogP contribution in [0.4, 0.5) is 0 Å². The van der Waals surface area contributed by atoms with Crippen molar-refractivity contribution in [3.05, 3.63) is 11.5 Å². The molecule has 5 nitrogen and oxygen atoms in total. The second kappa shape index (κ2) is 8.52. The first-order valence-electron chi connectivity index (χ1n) is 5.87. The van der Waals surface area contributed by atoms with Gasteiger partial charge in [-0.05, 0) is 34.6 Å². The van der Waals surface area contributed by atoms with Crippen molar-refractivity contribution in [2.24, 2.45) is 0 Å². The Morgan fingerprint density at radius 3 is 1.53 bits per heavy atom. The van der Waals surface area contributed by atoms with Crippen LogP contribution in [0.5, 0.6) is 0 Å². The molecule has 0 aromatic heterocycles. The van der Waals surface area contributed by atoms with E-state index in [9.17, 15) is 0 Å². The Balaban J connectivity index is 4.93. The summed E-state index contributed by atoms with van der Waals surface area (Å²) < 4.78 is 27.5. The number of methoxy groups -OCH3 is 1. The highest BCUT2D eigenvalue weighted by molar-refractivity contribution is 6.53. The second-order valence-corrected chi connectivity index (χ2v) is 5.46. The monoisotopic (exact) mass is 264 g/mol. The van der Waals surface area contributed by atoms with Crippen LogP contribution in [-0.4, -0.2) is 36.0 Å². The third-order valence-electron chi connectivity index (χ3n) is 1.77. The molecule has 0 heterocycles. The van der Waals surface area contributed by atoms with Gasteiger partial charge in [0.05, 0.1) is 7.11 Å². The summed E-state index contributed by atoms with van der Waals surface area (Å²) >= 11 is 0. The zero-order valence-electron chi connectivity index (χ0n) is 11.7. The van der Waals surface area contributed by atoms with Crippen LogP contribution in [0.3, 0.4) is 0 Å². The van der Waals surface area contributed by atoms with Gasteiger partial charge >= 0.3 is 9.05 Å². The van der Waals surface area contributed by atoms with Crippen LogP contribution in [0.15, 0.2) is 11.5 Å². The molecule has 0 unspecified atom stereocenters. The molecule has 0 saturated heterocycles. The molecule has 102 valence electrons. The van der Waals surface area contributed by atoms with Gasteiger partial charge in [0, 0.05) is 25.4 Å². The van der Waals surface area contributed by atoms with Crippen molar-refractivity contribution < 1.29 is 22.4 Å². The van der Waals surface area contributed by atoms with E-state index in [0.717, 1.165) is 5.57 Å². The van der Waals surface area contributed by atoms with Gasteiger partial charge in [-0.2, -0.15) is 0 Å². The molecule has 0 radical (unpaired) electrons. The van der Waals surface area contributed by atoms with E-state index >= 15 is 0 Å². The molecule has 0 saturated carbocycles. The highest BCUT2D eigenvalue weighted by atomic mass is 28.4. The summed E-state index contributed by atoms with van der Waals surface area (Å²) in [6.07, 6.45) is 0. The van der Waals surface area contributed by atoms with Crippen molar-refractivity contribution in [3.63, 3.8) is 0 Å². The van der Waals surface area contributed by atoms with Crippen molar-refractivity contribution in [2.75, 3.05) is 26.9 Å². The smallest absolute Gasteiger partial charge is 0.470 e. The van der Waals surface area contributed by atoms with Gasteiger partial charge in [0.1, 0.15) is 0 Å². The van der Waals surface area contributed by atoms with E-state index in [-0.39, 0.29) is 0 Å². The average molecular weight is 264 g/mol. The molecular formula is C11H24O5Si. The maximum absolute atomic E-state index is 5.70. The Bertz CT molecular complexity index is 221. The molecule has 0 aromatic rings. The first-order chi connectivity index (χ1) is 8.05. The summed E-state index contributed by atoms with van der Waals surface area (Å²) in [5.41, 5.74) is 0.906. The van der Waals surface area contributed by atoms with E-state index in [1.54, 1.807) is 7.11 Å². The minimum absolute atomic E-state index is 0.395. The number of rotatable bonds is 9. The number of hydrogen-bond donors (Lipinski definition) is 0. The quantitative estimate of drug-likeness (QED) is 0.473. The number of allylic oxidation sites excluding steroid dienone is 1. The summed E-state index contributed by atoms with van der Waals surface area (Å²) in [6, 6.07) is 0. The predicted molar refractivity (Wildman–Crippen MR) is 67.1 cm³/mol. The zero-order chi connectivity index (χ0) is 13.3. The second-order valence-electron chi connectivity index (χ2n) is 3.39. The molecule has 0 aliphatic heterocycles. The molecular weight excluding hydrogens is 240 g/mol. The maximum atomic E-state index is 5.70. The molecule has 0 rings (SSSR count). The number of ether oxygens (including phenoxy) is 1. The van der Waals surface area contributed by atoms with E-state index in [4.69, 9.17) is 22.4 Å². The van der Waals surface area contributed by atoms with Gasteiger partial charge in [0.15, 0.2) is 0 Å². The molecule has 0 N–H and O–H groups in total. The maximum Gasteiger partial charge on any atom is 0.751 e. The summed E-state index contributed by atoms with van der Waals surface area (Å²) in [4.78, 5) is 0. The summed E-state index contributed by atoms with van der Waals surface area (Å²) in [7, 11) is -1.58. The third-order valence-corrected chi connectivity index (χ3v) is 4.14. The normalized spacial score (nSPS) is 11.2. The lowest BCUT2D eigenvalue weighted by molar-refractivity contribution is -0.0381. The van der Waals surface area contributed by atoms with Crippen LogP contribution in [0, 0.1) is 0 Å². The minimum Gasteiger partial charge on any atom is -0.470 e. The fraction of sp³-hybridized carbons (Fsp3) is 0.818. The topological polar surface area (TPSA) is 46.2 Å². The van der Waals surface area contributed by atoms with E-state index < -0.39 is 9.05 Å². The van der Waals surface area contributed by atoms with Gasteiger partial charge in [-0.3, -0.25) is 0 Å². The van der Waals surface area contributed by atoms with Crippen LogP contribution in [0.1, 0.15) is 34.6 Å². The van der Waals surface area contributed by atoms with Gasteiger partial charge in [-0.15, -0.1) is 0 Å². The van der Waals surface area contributed by atoms with Crippen LogP contribution in [0.25, 0.3) is 0 Å². The van der Waals surface area contributed by atoms with E-state index in [0.29, 0.717) is 25.8 Å². The van der Waals surface area contributed by atoms with Crippen molar-refractivity contribution in [2.45, 2.75) is 34.6 Å². The largest absolute Gasteiger partial charge is 0.751 e. The van der Waals surface area contributed by atoms with E-state index in [1.807, 2.05) is 34.6 Å². The van der Waals surface area contributed by atoms with Gasteiger partial charge in [0.2, 0.25) is 0 Å². The van der Waals surface area contributed by atoms with Crippen molar-refractivity contribution >= 4 is 9.05 Å². The van der Waals surface area contributed by atoms with Crippen LogP contribution >= 0.6 is 0 Å². The van der Waals surface area contributed by atoms with Gasteiger partial charge in [0.25, 0.3) is 5.95 Å². The van der Waals surface area contributed by atoms with Gasteiger partial charge in [-0.25, -0.2) is 0 Å². The SMILES string of the molecule is CCO[Si](OCC)(OCC)OC(OC)=C(C)C. The van der Waals surface area contributed by atoms with Crippen LogP contribution in [-0.2, 0) is 22.4 Å². The van der Waals surface area contributed by atoms with E-state index in [1.165, 1.54) is 0 Å². The Morgan fingerprint density at radius 2 is 1.29 bits per heavy atom. The summed E-state index contributed by atoms with van der Waals surface area (Å²) in [5.74, 6) is 0.395. The van der Waals surface area contributed by atoms with Crippen molar-refractivity contribution in [1.82, 2.24) is 0 Å². The Morgan fingerprint density at radius 1 is 0.882 bits per heavy atom. The van der Waals surface area contributed by atoms with Crippen molar-refractivity contribution in [1.29, 1.82) is 0 Å². The Hall–Kier alpha value is -0.563. The fourth-order valence-corrected chi connectivity index (χ4v) is 3.21. The first kappa shape index (κ1) is 16.4. The summed E-state index contributed by atoms with van der Waals surface area (Å²) in [6.45, 7) is 10.8. The molecule has 6 heteroatoms. The average Bonchev–Trinajstić information content (AvgIpc) is 2.26. The van der Waals surface area contributed by atoms with Gasteiger partial charge in [-0.1, -0.05) is 0 Å². The van der Waals surface area contributed by atoms with Gasteiger partial charge < -0.3 is 22.4 Å². The number of hydrogen-bond acceptors (Lipinski definition) is 5. The van der Waals surface area contributed by atoms with E-state index in [2.05, 4.69) is 0 Å². The molecule has 17 heavy (non-hydrogen) atoms. The fourth-order valence-electron chi connectivity index (χ4n) is 1.21. The zero-order valence-corrected chi connectivity index (χ0v) is 12.7. The molecule has 0 atom stereocenters. The lowest BCUT2D eigenvalue weighted by atomic mass is 10.4. The molecule has 0 bridgehead atoms. The third kappa shape index (κ3) is 5.54. The Labute approximate surface area is 105 Å². The Kier molecular flexibility index (Phi) is 8.23. The molecule has 0 spiro atoms. The molecule has 0 aromatic carbocycles. The van der Waals surface area contributed by atoms with Crippen molar-refractivity contribution in [3.8, 4) is 0 Å². The first-order valence-corrected chi connectivity index (χ1v) is 7.50. The molecule has 0 aliphatic carbocycles. The molecule has 0 amide bonds. The highest BCUT2D eigenvalue weighted by Crippen LogP contribution is 2.19. The lowest BCUT2D eigenvalue weighted by Gasteiger charge is -2.27.